The minimum absolute atomic E-state index is 0.0947. The van der Waals surface area contributed by atoms with E-state index in [1.54, 1.807) is 12.1 Å². The molecule has 0 bridgehead atoms. The maximum Gasteiger partial charge on any atom is 0.305 e. The first kappa shape index (κ1) is 30.7. The van der Waals surface area contributed by atoms with Gasteiger partial charge in [-0.1, -0.05) is 42.5 Å². The molecular weight excluding hydrogens is 539 g/mol. The maximum atomic E-state index is 14.0. The van der Waals surface area contributed by atoms with Gasteiger partial charge in [0.2, 0.25) is 0 Å². The summed E-state index contributed by atoms with van der Waals surface area (Å²) in [5, 5.41) is 39.9. The first-order valence-electron chi connectivity index (χ1n) is 14.0. The number of carbonyl (C=O) groups excluding carboxylic acids is 1. The fourth-order valence-electron chi connectivity index (χ4n) is 5.33. The maximum absolute atomic E-state index is 14.0. The Morgan fingerprint density at radius 3 is 2.26 bits per heavy atom. The van der Waals surface area contributed by atoms with Crippen molar-refractivity contribution >= 4 is 11.9 Å². The van der Waals surface area contributed by atoms with Gasteiger partial charge in [-0.2, -0.15) is 5.10 Å². The topological polar surface area (TPSA) is 140 Å². The molecule has 5 N–H and O–H groups in total. The molecule has 0 unspecified atom stereocenters. The lowest BCUT2D eigenvalue weighted by Crippen LogP contribution is -2.27. The summed E-state index contributed by atoms with van der Waals surface area (Å²) in [4.78, 5) is 25.0. The van der Waals surface area contributed by atoms with E-state index < -0.39 is 24.6 Å². The highest BCUT2D eigenvalue weighted by atomic mass is 19.1. The quantitative estimate of drug-likeness (QED) is 0.151. The van der Waals surface area contributed by atoms with E-state index >= 15 is 0 Å². The number of halogens is 1. The van der Waals surface area contributed by atoms with E-state index in [4.69, 9.17) is 5.11 Å². The number of aromatic nitrogens is 3. The number of H-pyrrole nitrogens is 1. The molecule has 0 aliphatic heterocycles. The van der Waals surface area contributed by atoms with Crippen LogP contribution in [0.25, 0.3) is 22.3 Å². The molecule has 10 heteroatoms. The van der Waals surface area contributed by atoms with Crippen LogP contribution in [-0.2, 0) is 17.8 Å². The predicted molar refractivity (Wildman–Crippen MR) is 157 cm³/mol. The van der Waals surface area contributed by atoms with Crippen LogP contribution in [-0.4, -0.2) is 54.2 Å². The number of aromatic amines is 1. The first-order chi connectivity index (χ1) is 20.0. The molecule has 0 saturated heterocycles. The Balaban J connectivity index is 1.85. The van der Waals surface area contributed by atoms with Gasteiger partial charge in [0.1, 0.15) is 11.5 Å². The number of nitrogens with zero attached hydrogens (tertiary/aromatic N) is 2. The second-order valence-corrected chi connectivity index (χ2v) is 10.8. The van der Waals surface area contributed by atoms with Gasteiger partial charge in [0.15, 0.2) is 0 Å². The van der Waals surface area contributed by atoms with Crippen molar-refractivity contribution in [2.45, 2.75) is 71.2 Å². The van der Waals surface area contributed by atoms with Gasteiger partial charge >= 0.3 is 5.97 Å². The predicted octanol–water partition coefficient (Wildman–Crippen LogP) is 5.02. The number of hydrogen-bond acceptors (Lipinski definition) is 5. The molecule has 0 fully saturated rings. The number of aliphatic hydroxyl groups excluding tert-OH is 2. The minimum Gasteiger partial charge on any atom is -0.481 e. The van der Waals surface area contributed by atoms with E-state index in [1.807, 2.05) is 61.7 Å². The molecule has 0 radical (unpaired) electrons. The summed E-state index contributed by atoms with van der Waals surface area (Å²) >= 11 is 0. The van der Waals surface area contributed by atoms with Gasteiger partial charge in [0, 0.05) is 28.6 Å². The van der Waals surface area contributed by atoms with Crippen molar-refractivity contribution in [2.24, 2.45) is 0 Å². The average molecular weight is 577 g/mol. The molecule has 4 aromatic rings. The van der Waals surface area contributed by atoms with Crippen molar-refractivity contribution < 1.29 is 29.3 Å². The molecule has 4 rings (SSSR count). The van der Waals surface area contributed by atoms with E-state index in [0.717, 1.165) is 22.5 Å². The first-order valence-corrected chi connectivity index (χ1v) is 14.0. The van der Waals surface area contributed by atoms with Crippen LogP contribution >= 0.6 is 0 Å². The van der Waals surface area contributed by atoms with E-state index in [-0.39, 0.29) is 37.2 Å². The van der Waals surface area contributed by atoms with Crippen molar-refractivity contribution in [2.75, 3.05) is 0 Å². The summed E-state index contributed by atoms with van der Waals surface area (Å²) < 4.78 is 16.0. The van der Waals surface area contributed by atoms with Crippen LogP contribution in [0.2, 0.25) is 0 Å². The van der Waals surface area contributed by atoms with Gasteiger partial charge in [-0.15, -0.1) is 0 Å². The van der Waals surface area contributed by atoms with Crippen molar-refractivity contribution in [3.8, 4) is 22.3 Å². The molecule has 0 spiro atoms. The smallest absolute Gasteiger partial charge is 0.305 e. The number of amides is 1. The van der Waals surface area contributed by atoms with Crippen molar-refractivity contribution in [1.82, 2.24) is 20.1 Å². The Kier molecular flexibility index (Phi) is 9.92. The lowest BCUT2D eigenvalue weighted by molar-refractivity contribution is -0.139. The Hall–Kier alpha value is -4.28. The number of aliphatic carboxylic acids is 1. The number of carboxylic acids is 1. The highest BCUT2D eigenvalue weighted by Crippen LogP contribution is 2.42. The number of aliphatic hydroxyl groups is 2. The van der Waals surface area contributed by atoms with E-state index in [0.29, 0.717) is 28.9 Å². The third kappa shape index (κ3) is 7.32. The zero-order valence-electron chi connectivity index (χ0n) is 24.0. The Morgan fingerprint density at radius 1 is 1.00 bits per heavy atom. The molecule has 2 aromatic carbocycles. The molecule has 0 aliphatic rings. The highest BCUT2D eigenvalue weighted by Gasteiger charge is 2.30. The number of rotatable bonds is 13. The third-order valence-electron chi connectivity index (χ3n) is 7.09. The Labute approximate surface area is 244 Å². The van der Waals surface area contributed by atoms with Gasteiger partial charge in [-0.25, -0.2) is 4.39 Å². The van der Waals surface area contributed by atoms with E-state index in [2.05, 4.69) is 15.5 Å². The monoisotopic (exact) mass is 576 g/mol. The van der Waals surface area contributed by atoms with Crippen molar-refractivity contribution in [3.05, 3.63) is 89.3 Å². The van der Waals surface area contributed by atoms with Crippen LogP contribution in [0.1, 0.15) is 66.7 Å². The van der Waals surface area contributed by atoms with Gasteiger partial charge in [-0.3, -0.25) is 14.7 Å². The number of benzene rings is 2. The molecule has 0 aliphatic carbocycles. The SMILES string of the molecule is Cc1cc(CNC(=O)c2c(-c3ccccc3)c(-c3ccc(F)cc3)c(CC[C@@H](O)C[C@@H](O)CC(=O)O)n2C(C)C)n[nH]1. The molecule has 1 amide bonds. The molecule has 2 aromatic heterocycles. The highest BCUT2D eigenvalue weighted by molar-refractivity contribution is 6.05. The number of carboxylic acid groups (broad SMARTS) is 1. The molecule has 222 valence electrons. The van der Waals surface area contributed by atoms with E-state index in [9.17, 15) is 24.2 Å². The number of aryl methyl sites for hydroxylation is 1. The summed E-state index contributed by atoms with van der Waals surface area (Å²) in [6, 6.07) is 17.3. The molecule has 42 heavy (non-hydrogen) atoms. The molecule has 2 atom stereocenters. The number of nitrogens with one attached hydrogen (secondary N) is 2. The average Bonchev–Trinajstić information content (AvgIpc) is 3.52. The zero-order valence-corrected chi connectivity index (χ0v) is 24.0. The number of carbonyl (C=O) groups is 2. The largest absolute Gasteiger partial charge is 0.481 e. The normalized spacial score (nSPS) is 12.8. The number of hydrogen-bond donors (Lipinski definition) is 5. The summed E-state index contributed by atoms with van der Waals surface area (Å²) in [6.07, 6.45) is -2.18. The van der Waals surface area contributed by atoms with Crippen LogP contribution < -0.4 is 5.32 Å². The van der Waals surface area contributed by atoms with Gasteiger partial charge < -0.3 is 25.2 Å². The second-order valence-electron chi connectivity index (χ2n) is 10.8. The van der Waals surface area contributed by atoms with Crippen molar-refractivity contribution in [3.63, 3.8) is 0 Å². The second kappa shape index (κ2) is 13.6. The van der Waals surface area contributed by atoms with Crippen LogP contribution in [0.5, 0.6) is 0 Å². The van der Waals surface area contributed by atoms with Gasteiger partial charge in [-0.05, 0) is 69.4 Å². The lowest BCUT2D eigenvalue weighted by Gasteiger charge is -2.20. The summed E-state index contributed by atoms with van der Waals surface area (Å²) in [6.45, 7) is 6.02. The molecule has 0 saturated carbocycles. The molecular formula is C32H37FN4O5. The van der Waals surface area contributed by atoms with Crippen molar-refractivity contribution in [1.29, 1.82) is 0 Å². The zero-order chi connectivity index (χ0) is 30.4. The minimum atomic E-state index is -1.18. The summed E-state index contributed by atoms with van der Waals surface area (Å²) in [5.74, 6) is -1.84. The lowest BCUT2D eigenvalue weighted by atomic mass is 9.92. The third-order valence-corrected chi connectivity index (χ3v) is 7.09. The Morgan fingerprint density at radius 2 is 1.67 bits per heavy atom. The fourth-order valence-corrected chi connectivity index (χ4v) is 5.33. The summed E-state index contributed by atoms with van der Waals surface area (Å²) in [5.41, 5.74) is 5.70. The molecule has 2 heterocycles. The van der Waals surface area contributed by atoms with Crippen LogP contribution in [0.4, 0.5) is 4.39 Å². The van der Waals surface area contributed by atoms with E-state index in [1.165, 1.54) is 12.1 Å². The Bertz CT molecular complexity index is 1510. The van der Waals surface area contributed by atoms with Gasteiger partial charge in [0.05, 0.1) is 30.9 Å². The van der Waals surface area contributed by atoms with Gasteiger partial charge in [0.25, 0.3) is 5.91 Å². The van der Waals surface area contributed by atoms with Crippen LogP contribution in [0.3, 0.4) is 0 Å². The standard InChI is InChI=1S/C32H37FN4O5/c1-19(2)37-27(14-13-25(38)16-26(39)17-28(40)41)29(22-9-11-23(33)12-10-22)30(21-7-5-4-6-8-21)31(37)32(42)34-18-24-15-20(3)35-36-24/h4-12,15,19,25-26,38-39H,13-14,16-18H2,1-3H3,(H,34,42)(H,35,36)(H,40,41)/t25-,26-/m1/s1. The van der Waals surface area contributed by atoms with Crippen LogP contribution in [0, 0.1) is 12.7 Å². The summed E-state index contributed by atoms with van der Waals surface area (Å²) in [7, 11) is 0. The molecule has 9 nitrogen and oxygen atoms in total. The fraction of sp³-hybridized carbons (Fsp3) is 0.344. The van der Waals surface area contributed by atoms with Crippen LogP contribution in [0.15, 0.2) is 60.7 Å².